The molecule has 0 atom stereocenters. The number of likely N-dealkylation sites (N-methyl/N-ethyl adjacent to an activating group) is 2. The molecule has 0 saturated heterocycles. The Balaban J connectivity index is 1.57. The second kappa shape index (κ2) is 10.6. The second-order valence-corrected chi connectivity index (χ2v) is 9.10. The number of nitrogens with zero attached hydrogens (tertiary/aromatic N) is 6. The third-order valence-corrected chi connectivity index (χ3v) is 6.27. The highest BCUT2D eigenvalue weighted by atomic mass is 32.1. The van der Waals surface area contributed by atoms with E-state index >= 15 is 0 Å². The van der Waals surface area contributed by atoms with Gasteiger partial charge in [-0.2, -0.15) is 0 Å². The van der Waals surface area contributed by atoms with Crippen molar-refractivity contribution in [3.8, 4) is 27.0 Å². The van der Waals surface area contributed by atoms with E-state index in [-0.39, 0.29) is 5.82 Å². The highest BCUT2D eigenvalue weighted by Gasteiger charge is 2.16. The van der Waals surface area contributed by atoms with Gasteiger partial charge in [-0.1, -0.05) is 23.5 Å². The van der Waals surface area contributed by atoms with E-state index in [0.717, 1.165) is 18.8 Å². The van der Waals surface area contributed by atoms with E-state index in [4.69, 9.17) is 10.5 Å². The van der Waals surface area contributed by atoms with Crippen molar-refractivity contribution >= 4 is 34.3 Å². The van der Waals surface area contributed by atoms with Crippen LogP contribution >= 0.6 is 11.3 Å². The molecule has 0 aliphatic rings. The van der Waals surface area contributed by atoms with Crippen LogP contribution in [0.3, 0.4) is 0 Å². The molecule has 0 aliphatic carbocycles. The number of ether oxygens (including phenoxy) is 1. The maximum absolute atomic E-state index is 14.1. The Morgan fingerprint density at radius 2 is 1.83 bits per heavy atom. The van der Waals surface area contributed by atoms with Crippen LogP contribution in [0.4, 0.5) is 27.4 Å². The van der Waals surface area contributed by atoms with E-state index in [0.29, 0.717) is 44.3 Å². The fourth-order valence-corrected chi connectivity index (χ4v) is 4.22. The molecule has 3 N–H and O–H groups in total. The van der Waals surface area contributed by atoms with Gasteiger partial charge in [0, 0.05) is 38.0 Å². The molecule has 35 heavy (non-hydrogen) atoms. The Kier molecular flexibility index (Phi) is 7.37. The third-order valence-electron chi connectivity index (χ3n) is 5.29. The summed E-state index contributed by atoms with van der Waals surface area (Å²) in [7, 11) is 7.65. The van der Waals surface area contributed by atoms with Crippen LogP contribution in [0.25, 0.3) is 21.3 Å². The summed E-state index contributed by atoms with van der Waals surface area (Å²) >= 11 is 1.26. The summed E-state index contributed by atoms with van der Waals surface area (Å²) in [6.07, 6.45) is 1.62. The zero-order valence-electron chi connectivity index (χ0n) is 20.0. The van der Waals surface area contributed by atoms with Crippen LogP contribution in [0, 0.1) is 5.82 Å². The minimum atomic E-state index is -0.347. The van der Waals surface area contributed by atoms with Gasteiger partial charge in [-0.05, 0) is 38.4 Å². The molecule has 0 fully saturated rings. The first kappa shape index (κ1) is 24.3. The SMILES string of the molecule is COc1cc(N(C)CCN(C)C)c(N)cc1Nc1nccc(-c2nnc(-c3ccccc3F)s2)n1. The predicted octanol–water partition coefficient (Wildman–Crippen LogP) is 4.13. The van der Waals surface area contributed by atoms with Gasteiger partial charge in [0.25, 0.3) is 0 Å². The molecular formula is C24H27FN8OS. The van der Waals surface area contributed by atoms with Gasteiger partial charge < -0.3 is 25.6 Å². The minimum Gasteiger partial charge on any atom is -0.494 e. The molecule has 0 saturated carbocycles. The molecule has 0 spiro atoms. The van der Waals surface area contributed by atoms with Crippen molar-refractivity contribution in [1.29, 1.82) is 0 Å². The van der Waals surface area contributed by atoms with Crippen LogP contribution in [-0.2, 0) is 0 Å². The van der Waals surface area contributed by atoms with E-state index < -0.39 is 0 Å². The van der Waals surface area contributed by atoms with E-state index in [9.17, 15) is 4.39 Å². The van der Waals surface area contributed by atoms with Crippen LogP contribution in [0.15, 0.2) is 48.7 Å². The van der Waals surface area contributed by atoms with E-state index in [1.807, 2.05) is 27.2 Å². The summed E-state index contributed by atoms with van der Waals surface area (Å²) in [5.41, 5.74) is 9.44. The Bertz CT molecular complexity index is 1310. The number of anilines is 4. The Labute approximate surface area is 207 Å². The van der Waals surface area contributed by atoms with Crippen molar-refractivity contribution in [3.63, 3.8) is 0 Å². The van der Waals surface area contributed by atoms with Crippen molar-refractivity contribution in [2.75, 3.05) is 57.3 Å². The lowest BCUT2D eigenvalue weighted by atomic mass is 10.2. The predicted molar refractivity (Wildman–Crippen MR) is 139 cm³/mol. The normalized spacial score (nSPS) is 11.0. The first-order valence-electron chi connectivity index (χ1n) is 10.9. The number of nitrogen functional groups attached to an aromatic ring is 1. The summed E-state index contributed by atoms with van der Waals surface area (Å²) in [5, 5.41) is 12.5. The smallest absolute Gasteiger partial charge is 0.227 e. The van der Waals surface area contributed by atoms with Gasteiger partial charge in [0.05, 0.1) is 24.2 Å². The van der Waals surface area contributed by atoms with Crippen LogP contribution < -0.4 is 20.7 Å². The average Bonchev–Trinajstić information content (AvgIpc) is 3.33. The number of nitrogens with two attached hydrogens (primary N) is 1. The maximum atomic E-state index is 14.1. The van der Waals surface area contributed by atoms with Crippen molar-refractivity contribution in [1.82, 2.24) is 25.1 Å². The number of hydrogen-bond donors (Lipinski definition) is 2. The van der Waals surface area contributed by atoms with E-state index in [1.165, 1.54) is 17.4 Å². The zero-order valence-corrected chi connectivity index (χ0v) is 20.8. The molecule has 4 aromatic rings. The quantitative estimate of drug-likeness (QED) is 0.332. The fourth-order valence-electron chi connectivity index (χ4n) is 3.38. The van der Waals surface area contributed by atoms with E-state index in [2.05, 4.69) is 35.3 Å². The van der Waals surface area contributed by atoms with Gasteiger partial charge in [0.15, 0.2) is 10.0 Å². The molecule has 2 heterocycles. The van der Waals surface area contributed by atoms with Crippen molar-refractivity contribution < 1.29 is 9.13 Å². The summed E-state index contributed by atoms with van der Waals surface area (Å²) in [5.74, 6) is 0.606. The molecule has 11 heteroatoms. The van der Waals surface area contributed by atoms with Crippen molar-refractivity contribution in [3.05, 3.63) is 54.5 Å². The van der Waals surface area contributed by atoms with Gasteiger partial charge in [0.1, 0.15) is 17.3 Å². The van der Waals surface area contributed by atoms with Crippen LogP contribution in [0.1, 0.15) is 0 Å². The van der Waals surface area contributed by atoms with Gasteiger partial charge in [-0.25, -0.2) is 14.4 Å². The lowest BCUT2D eigenvalue weighted by molar-refractivity contribution is 0.413. The van der Waals surface area contributed by atoms with E-state index in [1.54, 1.807) is 43.6 Å². The van der Waals surface area contributed by atoms with Gasteiger partial charge >= 0.3 is 0 Å². The summed E-state index contributed by atoms with van der Waals surface area (Å²) in [6.45, 7) is 1.71. The Morgan fingerprint density at radius 3 is 2.57 bits per heavy atom. The minimum absolute atomic E-state index is 0.344. The van der Waals surface area contributed by atoms with Crippen molar-refractivity contribution in [2.24, 2.45) is 0 Å². The summed E-state index contributed by atoms with van der Waals surface area (Å²) in [4.78, 5) is 13.1. The zero-order chi connectivity index (χ0) is 24.9. The highest BCUT2D eigenvalue weighted by molar-refractivity contribution is 7.17. The van der Waals surface area contributed by atoms with Gasteiger partial charge in [-0.15, -0.1) is 10.2 Å². The molecule has 2 aromatic carbocycles. The molecule has 0 amide bonds. The van der Waals surface area contributed by atoms with Crippen molar-refractivity contribution in [2.45, 2.75) is 0 Å². The molecule has 0 bridgehead atoms. The number of benzene rings is 2. The number of methoxy groups -OCH3 is 1. The molecule has 0 radical (unpaired) electrons. The fraction of sp³-hybridized carbons (Fsp3) is 0.250. The second-order valence-electron chi connectivity index (χ2n) is 8.12. The molecule has 182 valence electrons. The molecule has 0 unspecified atom stereocenters. The molecule has 4 rings (SSSR count). The number of aromatic nitrogens is 4. The van der Waals surface area contributed by atoms with Gasteiger partial charge in [-0.3, -0.25) is 0 Å². The first-order chi connectivity index (χ1) is 16.9. The topological polar surface area (TPSA) is 105 Å². The number of rotatable bonds is 9. The van der Waals surface area contributed by atoms with Crippen LogP contribution in [0.2, 0.25) is 0 Å². The Morgan fingerprint density at radius 1 is 1.06 bits per heavy atom. The number of nitrogens with one attached hydrogen (secondary N) is 1. The number of halogens is 1. The molecule has 0 aliphatic heterocycles. The largest absolute Gasteiger partial charge is 0.494 e. The lowest BCUT2D eigenvalue weighted by Crippen LogP contribution is -2.29. The maximum Gasteiger partial charge on any atom is 0.227 e. The summed E-state index contributed by atoms with van der Waals surface area (Å²) < 4.78 is 19.7. The monoisotopic (exact) mass is 494 g/mol. The molecular weight excluding hydrogens is 467 g/mol. The average molecular weight is 495 g/mol. The molecule has 2 aromatic heterocycles. The standard InChI is InChI=1S/C24H27FN8OS/c1-32(2)11-12-33(3)20-14-21(34-4)19(13-17(20)26)29-24-27-10-9-18(28-24)23-31-30-22(35-23)15-7-5-6-8-16(15)25/h5-10,13-14H,11-12,26H2,1-4H3,(H,27,28,29). The third kappa shape index (κ3) is 5.64. The summed E-state index contributed by atoms with van der Waals surface area (Å²) in [6, 6.07) is 11.9. The number of hydrogen-bond acceptors (Lipinski definition) is 10. The lowest BCUT2D eigenvalue weighted by Gasteiger charge is -2.24. The Hall–Kier alpha value is -3.83. The van der Waals surface area contributed by atoms with Gasteiger partial charge in [0.2, 0.25) is 5.95 Å². The highest BCUT2D eigenvalue weighted by Crippen LogP contribution is 2.36. The van der Waals surface area contributed by atoms with Crippen LogP contribution in [-0.4, -0.2) is 66.4 Å². The van der Waals surface area contributed by atoms with Crippen LogP contribution in [0.5, 0.6) is 5.75 Å². The first-order valence-corrected chi connectivity index (χ1v) is 11.7. The molecule has 9 nitrogen and oxygen atoms in total.